The number of hydrogen-bond donors (Lipinski definition) is 1. The van der Waals surface area contributed by atoms with Gasteiger partial charge in [-0.2, -0.15) is 0 Å². The summed E-state index contributed by atoms with van der Waals surface area (Å²) < 4.78 is 0. The van der Waals surface area contributed by atoms with Gasteiger partial charge in [0.2, 0.25) is 0 Å². The Morgan fingerprint density at radius 2 is 2.33 bits per heavy atom. The third-order valence-electron chi connectivity index (χ3n) is 2.22. The van der Waals surface area contributed by atoms with Crippen molar-refractivity contribution in [2.75, 3.05) is 19.6 Å². The van der Waals surface area contributed by atoms with Crippen LogP contribution in [0.15, 0.2) is 11.6 Å². The molecular formula is C9H17ClN2. The van der Waals surface area contributed by atoms with Crippen LogP contribution in [0.5, 0.6) is 0 Å². The molecule has 1 rings (SSSR count). The van der Waals surface area contributed by atoms with E-state index in [1.54, 1.807) is 5.54 Å². The summed E-state index contributed by atoms with van der Waals surface area (Å²) in [6.45, 7) is 5.33. The van der Waals surface area contributed by atoms with E-state index in [0.717, 1.165) is 32.0 Å². The maximum absolute atomic E-state index is 5.89. The van der Waals surface area contributed by atoms with Crippen LogP contribution in [0.4, 0.5) is 0 Å². The van der Waals surface area contributed by atoms with E-state index in [9.17, 15) is 0 Å². The smallest absolute Gasteiger partial charge is 0.0175 e. The van der Waals surface area contributed by atoms with Crippen LogP contribution in [0.2, 0.25) is 0 Å². The van der Waals surface area contributed by atoms with Gasteiger partial charge in [-0.15, -0.1) is 0 Å². The summed E-state index contributed by atoms with van der Waals surface area (Å²) in [4.78, 5) is 2.34. The molecule has 0 aromatic carbocycles. The third-order valence-corrected chi connectivity index (χ3v) is 2.40. The van der Waals surface area contributed by atoms with Crippen molar-refractivity contribution < 1.29 is 0 Å². The summed E-state index contributed by atoms with van der Waals surface area (Å²) in [5, 5.41) is 0. The highest BCUT2D eigenvalue weighted by Gasteiger charge is 2.20. The van der Waals surface area contributed by atoms with Crippen molar-refractivity contribution in [1.82, 2.24) is 4.90 Å². The van der Waals surface area contributed by atoms with Gasteiger partial charge in [-0.1, -0.05) is 24.6 Å². The molecule has 1 aliphatic heterocycles. The molecule has 0 amide bonds. The van der Waals surface area contributed by atoms with Crippen LogP contribution < -0.4 is 5.73 Å². The lowest BCUT2D eigenvalue weighted by Crippen LogP contribution is -2.46. The molecule has 70 valence electrons. The minimum Gasteiger partial charge on any atom is -0.327 e. The summed E-state index contributed by atoms with van der Waals surface area (Å²) in [5.41, 5.74) is 7.46. The lowest BCUT2D eigenvalue weighted by Gasteiger charge is -2.33. The van der Waals surface area contributed by atoms with Crippen LogP contribution in [-0.2, 0) is 0 Å². The molecule has 1 aliphatic rings. The fourth-order valence-electron chi connectivity index (χ4n) is 1.85. The molecule has 0 saturated carbocycles. The Morgan fingerprint density at radius 1 is 1.58 bits per heavy atom. The summed E-state index contributed by atoms with van der Waals surface area (Å²) >= 11 is 5.46. The Balaban J connectivity index is 2.33. The molecule has 2 unspecified atom stereocenters. The molecule has 3 heteroatoms. The Bertz CT molecular complexity index is 149. The standard InChI is InChI=1S/C9H17ClN2/c1-8-5-9(11)7-12(6-8)4-2-3-10/h2-3,8-9H,4-7,11H2,1H3/b3-2+. The Hall–Kier alpha value is -0.0500. The second-order valence-corrected chi connectivity index (χ2v) is 3.93. The first-order valence-corrected chi connectivity index (χ1v) is 4.89. The molecule has 1 heterocycles. The molecule has 0 aromatic rings. The molecule has 0 aliphatic carbocycles. The average molecular weight is 189 g/mol. The Morgan fingerprint density at radius 3 is 2.92 bits per heavy atom. The van der Waals surface area contributed by atoms with Crippen molar-refractivity contribution in [2.24, 2.45) is 11.7 Å². The number of nitrogens with two attached hydrogens (primary N) is 1. The van der Waals surface area contributed by atoms with E-state index < -0.39 is 0 Å². The lowest BCUT2D eigenvalue weighted by molar-refractivity contribution is 0.181. The molecule has 12 heavy (non-hydrogen) atoms. The van der Waals surface area contributed by atoms with Gasteiger partial charge in [-0.05, 0) is 12.3 Å². The molecule has 0 spiro atoms. The monoisotopic (exact) mass is 188 g/mol. The molecule has 2 atom stereocenters. The zero-order valence-electron chi connectivity index (χ0n) is 7.54. The predicted octanol–water partition coefficient (Wildman–Crippen LogP) is 1.41. The summed E-state index contributed by atoms with van der Waals surface area (Å²) in [5.74, 6) is 0.720. The van der Waals surface area contributed by atoms with Crippen molar-refractivity contribution in [3.8, 4) is 0 Å². The Labute approximate surface area is 79.4 Å². The van der Waals surface area contributed by atoms with Crippen LogP contribution in [-0.4, -0.2) is 30.6 Å². The van der Waals surface area contributed by atoms with E-state index >= 15 is 0 Å². The number of hydrogen-bond acceptors (Lipinski definition) is 2. The quantitative estimate of drug-likeness (QED) is 0.710. The highest BCUT2D eigenvalue weighted by atomic mass is 35.5. The molecule has 0 bridgehead atoms. The zero-order chi connectivity index (χ0) is 8.97. The fourth-order valence-corrected chi connectivity index (χ4v) is 1.93. The average Bonchev–Trinajstić information content (AvgIpc) is 1.99. The summed E-state index contributed by atoms with van der Waals surface area (Å²) in [6, 6.07) is 0.345. The minimum absolute atomic E-state index is 0.345. The lowest BCUT2D eigenvalue weighted by atomic mass is 9.97. The maximum Gasteiger partial charge on any atom is 0.0175 e. The van der Waals surface area contributed by atoms with Crippen LogP contribution >= 0.6 is 11.6 Å². The fraction of sp³-hybridized carbons (Fsp3) is 0.778. The number of piperidine rings is 1. The van der Waals surface area contributed by atoms with E-state index in [2.05, 4.69) is 11.8 Å². The number of nitrogens with zero attached hydrogens (tertiary/aromatic N) is 1. The van der Waals surface area contributed by atoms with Crippen molar-refractivity contribution in [3.63, 3.8) is 0 Å². The zero-order valence-corrected chi connectivity index (χ0v) is 8.30. The largest absolute Gasteiger partial charge is 0.327 e. The molecular weight excluding hydrogens is 172 g/mol. The van der Waals surface area contributed by atoms with Gasteiger partial charge >= 0.3 is 0 Å². The first kappa shape index (κ1) is 10.0. The van der Waals surface area contributed by atoms with Gasteiger partial charge in [0.25, 0.3) is 0 Å². The van der Waals surface area contributed by atoms with Gasteiger partial charge in [-0.25, -0.2) is 0 Å². The van der Waals surface area contributed by atoms with E-state index in [0.29, 0.717) is 6.04 Å². The first-order valence-electron chi connectivity index (χ1n) is 4.45. The first-order chi connectivity index (χ1) is 5.72. The highest BCUT2D eigenvalue weighted by molar-refractivity contribution is 6.25. The SMILES string of the molecule is CC1CC(N)CN(C/C=C/Cl)C1. The molecule has 1 fully saturated rings. The topological polar surface area (TPSA) is 29.3 Å². The van der Waals surface area contributed by atoms with Gasteiger partial charge in [-0.3, -0.25) is 4.90 Å². The van der Waals surface area contributed by atoms with E-state index in [4.69, 9.17) is 17.3 Å². The van der Waals surface area contributed by atoms with Gasteiger partial charge in [0.15, 0.2) is 0 Å². The second kappa shape index (κ2) is 4.85. The molecule has 2 nitrogen and oxygen atoms in total. The van der Waals surface area contributed by atoms with Gasteiger partial charge in [0, 0.05) is 31.2 Å². The van der Waals surface area contributed by atoms with Crippen molar-refractivity contribution in [3.05, 3.63) is 11.6 Å². The van der Waals surface area contributed by atoms with Crippen LogP contribution in [0, 0.1) is 5.92 Å². The highest BCUT2D eigenvalue weighted by Crippen LogP contribution is 2.14. The van der Waals surface area contributed by atoms with E-state index in [1.807, 2.05) is 6.08 Å². The van der Waals surface area contributed by atoms with Crippen LogP contribution in [0.3, 0.4) is 0 Å². The minimum atomic E-state index is 0.345. The predicted molar refractivity (Wildman–Crippen MR) is 53.2 cm³/mol. The second-order valence-electron chi connectivity index (χ2n) is 3.68. The molecule has 1 saturated heterocycles. The molecule has 2 N–H and O–H groups in total. The van der Waals surface area contributed by atoms with E-state index in [-0.39, 0.29) is 0 Å². The summed E-state index contributed by atoms with van der Waals surface area (Å²) in [7, 11) is 0. The normalized spacial score (nSPS) is 32.9. The maximum atomic E-state index is 5.89. The van der Waals surface area contributed by atoms with Crippen molar-refractivity contribution >= 4 is 11.6 Å². The third kappa shape index (κ3) is 3.13. The van der Waals surface area contributed by atoms with Crippen LogP contribution in [0.1, 0.15) is 13.3 Å². The Kier molecular flexibility index (Phi) is 4.06. The van der Waals surface area contributed by atoms with Crippen molar-refractivity contribution in [2.45, 2.75) is 19.4 Å². The van der Waals surface area contributed by atoms with E-state index in [1.165, 1.54) is 0 Å². The number of likely N-dealkylation sites (tertiary alicyclic amines) is 1. The number of rotatable bonds is 2. The molecule has 0 radical (unpaired) electrons. The van der Waals surface area contributed by atoms with Gasteiger partial charge < -0.3 is 5.73 Å². The van der Waals surface area contributed by atoms with Crippen LogP contribution in [0.25, 0.3) is 0 Å². The van der Waals surface area contributed by atoms with Gasteiger partial charge in [0.05, 0.1) is 0 Å². The van der Waals surface area contributed by atoms with Gasteiger partial charge in [0.1, 0.15) is 0 Å². The summed E-state index contributed by atoms with van der Waals surface area (Å²) in [6.07, 6.45) is 3.12. The number of halogens is 1. The van der Waals surface area contributed by atoms with Crippen molar-refractivity contribution in [1.29, 1.82) is 0 Å². The molecule has 0 aromatic heterocycles.